The Kier molecular flexibility index (Phi) is 9.63. The predicted octanol–water partition coefficient (Wildman–Crippen LogP) is -0.529. The van der Waals surface area contributed by atoms with Gasteiger partial charge in [-0.1, -0.05) is 36.4 Å². The number of carbonyl (C=O) groups is 2. The summed E-state index contributed by atoms with van der Waals surface area (Å²) >= 11 is 0. The molecule has 0 heterocycles. The van der Waals surface area contributed by atoms with E-state index >= 15 is 0 Å². The van der Waals surface area contributed by atoms with E-state index in [1.54, 1.807) is 48.5 Å². The summed E-state index contributed by atoms with van der Waals surface area (Å²) in [5.74, 6) is -2.11. The van der Waals surface area contributed by atoms with Crippen molar-refractivity contribution >= 4 is 29.4 Å². The van der Waals surface area contributed by atoms with Crippen LogP contribution in [0, 0.1) is 5.41 Å². The maximum Gasteiger partial charge on any atom is 0.320 e. The third kappa shape index (κ3) is 9.39. The molecular weight excluding hydrogens is 402 g/mol. The van der Waals surface area contributed by atoms with E-state index in [2.05, 4.69) is 4.99 Å². The van der Waals surface area contributed by atoms with Gasteiger partial charge in [-0.15, -0.1) is 0 Å². The van der Waals surface area contributed by atoms with Crippen molar-refractivity contribution in [1.82, 2.24) is 0 Å². The SMILES string of the molecule is N=C(N)c1ccc(C[C@H](N)C(=O)O)cc1.NC(N)=Nc1cccc(C[C@H](N)C(=O)O)c1. The van der Waals surface area contributed by atoms with Crippen LogP contribution in [0.15, 0.2) is 53.5 Å². The molecule has 2 rings (SSSR count). The van der Waals surface area contributed by atoms with Gasteiger partial charge in [-0.25, -0.2) is 4.99 Å². The Labute approximate surface area is 179 Å². The molecule has 13 N–H and O–H groups in total. The fourth-order valence-electron chi connectivity index (χ4n) is 2.40. The first-order valence-electron chi connectivity index (χ1n) is 9.08. The molecule has 0 aliphatic heterocycles. The van der Waals surface area contributed by atoms with E-state index in [4.69, 9.17) is 44.3 Å². The number of guanidine groups is 1. The van der Waals surface area contributed by atoms with Gasteiger partial charge >= 0.3 is 11.9 Å². The standard InChI is InChI=1S/C10H14N4O2.C10H13N3O2/c11-8(9(15)16)5-6-2-1-3-7(4-6)14-10(12)13;11-8(10(14)15)5-6-1-3-7(4-2-6)9(12)13/h1-4,8H,5,11H2,(H,15,16)(H4,12,13,14);1-4,8H,5,11H2,(H3,12,13)(H,14,15)/t2*8-/m00/s1. The molecule has 2 aromatic carbocycles. The van der Waals surface area contributed by atoms with Crippen LogP contribution >= 0.6 is 0 Å². The second kappa shape index (κ2) is 11.9. The van der Waals surface area contributed by atoms with E-state index in [1.165, 1.54) is 0 Å². The zero-order chi connectivity index (χ0) is 23.6. The molecule has 0 saturated heterocycles. The number of hydrogen-bond donors (Lipinski definition) is 8. The number of carboxylic acids is 2. The average molecular weight is 429 g/mol. The number of nitrogens with two attached hydrogens (primary N) is 5. The molecule has 0 amide bonds. The highest BCUT2D eigenvalue weighted by Gasteiger charge is 2.12. The molecule has 2 atom stereocenters. The van der Waals surface area contributed by atoms with E-state index in [-0.39, 0.29) is 24.6 Å². The highest BCUT2D eigenvalue weighted by Crippen LogP contribution is 2.14. The number of nitrogens with zero attached hydrogens (tertiary/aromatic N) is 1. The van der Waals surface area contributed by atoms with Gasteiger partial charge in [0.1, 0.15) is 17.9 Å². The van der Waals surface area contributed by atoms with Crippen molar-refractivity contribution in [3.8, 4) is 0 Å². The number of carboxylic acid groups (broad SMARTS) is 2. The maximum atomic E-state index is 10.6. The van der Waals surface area contributed by atoms with Crippen molar-refractivity contribution in [3.05, 3.63) is 65.2 Å². The molecule has 0 saturated carbocycles. The molecule has 11 heteroatoms. The number of benzene rings is 2. The quantitative estimate of drug-likeness (QED) is 0.198. The minimum Gasteiger partial charge on any atom is -0.480 e. The summed E-state index contributed by atoms with van der Waals surface area (Å²) in [6, 6.07) is 11.9. The number of nitrogens with one attached hydrogen (secondary N) is 1. The summed E-state index contributed by atoms with van der Waals surface area (Å²) in [6.45, 7) is 0. The zero-order valence-corrected chi connectivity index (χ0v) is 16.7. The fraction of sp³-hybridized carbons (Fsp3) is 0.200. The largest absolute Gasteiger partial charge is 0.480 e. The van der Waals surface area contributed by atoms with Gasteiger partial charge in [0, 0.05) is 5.56 Å². The lowest BCUT2D eigenvalue weighted by Gasteiger charge is -2.06. The molecule has 0 aliphatic rings. The summed E-state index contributed by atoms with van der Waals surface area (Å²) in [6.07, 6.45) is 0.511. The van der Waals surface area contributed by atoms with Crippen molar-refractivity contribution in [3.63, 3.8) is 0 Å². The minimum atomic E-state index is -1.03. The molecule has 11 nitrogen and oxygen atoms in total. The van der Waals surface area contributed by atoms with E-state index < -0.39 is 24.0 Å². The number of nitrogen functional groups attached to an aromatic ring is 1. The van der Waals surface area contributed by atoms with Crippen LogP contribution in [-0.4, -0.2) is 46.0 Å². The molecule has 31 heavy (non-hydrogen) atoms. The van der Waals surface area contributed by atoms with Crippen LogP contribution in [0.4, 0.5) is 5.69 Å². The monoisotopic (exact) mass is 429 g/mol. The van der Waals surface area contributed by atoms with Crippen molar-refractivity contribution in [1.29, 1.82) is 5.41 Å². The molecule has 166 valence electrons. The highest BCUT2D eigenvalue weighted by molar-refractivity contribution is 5.94. The molecule has 0 radical (unpaired) electrons. The topological polar surface area (TPSA) is 241 Å². The van der Waals surface area contributed by atoms with Gasteiger partial charge in [-0.3, -0.25) is 15.0 Å². The van der Waals surface area contributed by atoms with Crippen LogP contribution in [0.3, 0.4) is 0 Å². The molecule has 0 fully saturated rings. The van der Waals surface area contributed by atoms with E-state index in [0.717, 1.165) is 11.1 Å². The Morgan fingerprint density at radius 2 is 1.39 bits per heavy atom. The third-order valence-electron chi connectivity index (χ3n) is 3.98. The summed E-state index contributed by atoms with van der Waals surface area (Å²) in [7, 11) is 0. The Hall–Kier alpha value is -3.96. The lowest BCUT2D eigenvalue weighted by molar-refractivity contribution is -0.139. The van der Waals surface area contributed by atoms with Gasteiger partial charge in [0.2, 0.25) is 0 Å². The molecule has 0 aliphatic carbocycles. The fourth-order valence-corrected chi connectivity index (χ4v) is 2.40. The third-order valence-corrected chi connectivity index (χ3v) is 3.98. The maximum absolute atomic E-state index is 10.6. The van der Waals surface area contributed by atoms with Crippen molar-refractivity contribution in [2.24, 2.45) is 33.7 Å². The Balaban J connectivity index is 0.000000311. The van der Waals surface area contributed by atoms with E-state index in [9.17, 15) is 9.59 Å². The second-order valence-electron chi connectivity index (χ2n) is 6.61. The summed E-state index contributed by atoms with van der Waals surface area (Å²) in [4.78, 5) is 24.9. The number of aliphatic carboxylic acids is 2. The van der Waals surface area contributed by atoms with Crippen LogP contribution in [-0.2, 0) is 22.4 Å². The number of rotatable bonds is 8. The van der Waals surface area contributed by atoms with Gasteiger partial charge in [-0.2, -0.15) is 0 Å². The normalized spacial score (nSPS) is 11.9. The van der Waals surface area contributed by atoms with Gasteiger partial charge < -0.3 is 38.9 Å². The lowest BCUT2D eigenvalue weighted by atomic mass is 10.0. The van der Waals surface area contributed by atoms with Gasteiger partial charge in [0.05, 0.1) is 5.69 Å². The number of amidine groups is 1. The Morgan fingerprint density at radius 3 is 1.84 bits per heavy atom. The average Bonchev–Trinajstić information content (AvgIpc) is 2.68. The lowest BCUT2D eigenvalue weighted by Crippen LogP contribution is -2.32. The molecule has 2 aromatic rings. The van der Waals surface area contributed by atoms with Crippen LogP contribution in [0.1, 0.15) is 16.7 Å². The van der Waals surface area contributed by atoms with E-state index in [1.807, 2.05) is 0 Å². The van der Waals surface area contributed by atoms with Crippen molar-refractivity contribution in [2.75, 3.05) is 0 Å². The number of hydrogen-bond acceptors (Lipinski definition) is 6. The van der Waals surface area contributed by atoms with Crippen LogP contribution in [0.25, 0.3) is 0 Å². The van der Waals surface area contributed by atoms with E-state index in [0.29, 0.717) is 11.3 Å². The Bertz CT molecular complexity index is 941. The second-order valence-corrected chi connectivity index (χ2v) is 6.61. The highest BCUT2D eigenvalue weighted by atomic mass is 16.4. The predicted molar refractivity (Wildman–Crippen MR) is 118 cm³/mol. The minimum absolute atomic E-state index is 0.0101. The molecular formula is C20H27N7O4. The first-order chi connectivity index (χ1) is 14.5. The van der Waals surface area contributed by atoms with Crippen LogP contribution in [0.2, 0.25) is 0 Å². The molecule has 0 aromatic heterocycles. The van der Waals surface area contributed by atoms with Gasteiger partial charge in [-0.05, 0) is 36.1 Å². The van der Waals surface area contributed by atoms with Crippen molar-refractivity contribution < 1.29 is 19.8 Å². The summed E-state index contributed by atoms with van der Waals surface area (Å²) < 4.78 is 0. The summed E-state index contributed by atoms with van der Waals surface area (Å²) in [5.41, 5.74) is 29.3. The van der Waals surface area contributed by atoms with Crippen LogP contribution < -0.4 is 28.7 Å². The summed E-state index contributed by atoms with van der Waals surface area (Å²) in [5, 5.41) is 24.4. The molecule has 0 unspecified atom stereocenters. The first kappa shape index (κ1) is 25.1. The zero-order valence-electron chi connectivity index (χ0n) is 16.7. The van der Waals surface area contributed by atoms with Crippen molar-refractivity contribution in [2.45, 2.75) is 24.9 Å². The molecule has 0 bridgehead atoms. The molecule has 0 spiro atoms. The Morgan fingerprint density at radius 1 is 0.871 bits per heavy atom. The smallest absolute Gasteiger partial charge is 0.320 e. The van der Waals surface area contributed by atoms with Crippen LogP contribution in [0.5, 0.6) is 0 Å². The van der Waals surface area contributed by atoms with Gasteiger partial charge in [0.15, 0.2) is 5.96 Å². The number of aliphatic imine (C=N–C) groups is 1. The first-order valence-corrected chi connectivity index (χ1v) is 9.08. The van der Waals surface area contributed by atoms with Gasteiger partial charge in [0.25, 0.3) is 0 Å².